The Morgan fingerprint density at radius 3 is 2.38 bits per heavy atom. The van der Waals surface area contributed by atoms with Gasteiger partial charge in [0.15, 0.2) is 5.75 Å². The maximum Gasteiger partial charge on any atom is 0.264 e. The minimum Gasteiger partial charge on any atom is -0.504 e. The number of benzene rings is 2. The van der Waals surface area contributed by atoms with Crippen LogP contribution in [0.2, 0.25) is 0 Å². The van der Waals surface area contributed by atoms with Crippen molar-refractivity contribution >= 4 is 48.3 Å². The summed E-state index contributed by atoms with van der Waals surface area (Å²) < 4.78 is 56.1. The highest BCUT2D eigenvalue weighted by atomic mass is 32.2. The Labute approximate surface area is 225 Å². The smallest absolute Gasteiger partial charge is 0.264 e. The van der Waals surface area contributed by atoms with Gasteiger partial charge in [0, 0.05) is 36.6 Å². The summed E-state index contributed by atoms with van der Waals surface area (Å²) in [4.78, 5) is 12.1. The Balaban J connectivity index is 1.45. The highest BCUT2D eigenvalue weighted by molar-refractivity contribution is 7.92. The minimum absolute atomic E-state index is 0.00914. The molecular formula is C25H25N7O5S2. The predicted molar refractivity (Wildman–Crippen MR) is 144 cm³/mol. The van der Waals surface area contributed by atoms with E-state index in [0.717, 1.165) is 19.3 Å². The summed E-state index contributed by atoms with van der Waals surface area (Å²) in [5.41, 5.74) is 0.904. The Morgan fingerprint density at radius 2 is 1.67 bits per heavy atom. The van der Waals surface area contributed by atoms with Crippen LogP contribution in [0.1, 0.15) is 25.0 Å². The molecule has 39 heavy (non-hydrogen) atoms. The van der Waals surface area contributed by atoms with Gasteiger partial charge in [-0.05, 0) is 68.3 Å². The lowest BCUT2D eigenvalue weighted by atomic mass is 10.2. The summed E-state index contributed by atoms with van der Waals surface area (Å²) in [7, 11) is -7.81. The second kappa shape index (κ2) is 10.6. The third-order valence-corrected chi connectivity index (χ3v) is 9.46. The van der Waals surface area contributed by atoms with Crippen molar-refractivity contribution in [1.29, 1.82) is 0 Å². The molecule has 0 spiro atoms. The molecule has 0 amide bonds. The maximum absolute atomic E-state index is 13.5. The van der Waals surface area contributed by atoms with Crippen LogP contribution in [0.3, 0.4) is 0 Å². The Bertz CT molecular complexity index is 1770. The lowest BCUT2D eigenvalue weighted by Crippen LogP contribution is -2.35. The van der Waals surface area contributed by atoms with Crippen molar-refractivity contribution in [2.45, 2.75) is 36.0 Å². The molecule has 14 heteroatoms. The summed E-state index contributed by atoms with van der Waals surface area (Å²) in [6, 6.07) is 11.7. The summed E-state index contributed by atoms with van der Waals surface area (Å²) in [6.07, 6.45) is 5.43. The van der Waals surface area contributed by atoms with Gasteiger partial charge in [0.05, 0.1) is 15.5 Å². The normalized spacial score (nSPS) is 15.1. The number of piperidine rings is 1. The zero-order chi connectivity index (χ0) is 27.6. The van der Waals surface area contributed by atoms with Gasteiger partial charge in [0.25, 0.3) is 10.0 Å². The van der Waals surface area contributed by atoms with E-state index >= 15 is 0 Å². The van der Waals surface area contributed by atoms with Crippen molar-refractivity contribution in [3.8, 4) is 5.75 Å². The average Bonchev–Trinajstić information content (AvgIpc) is 2.93. The number of aromatic hydroxyl groups is 1. The monoisotopic (exact) mass is 567 g/mol. The van der Waals surface area contributed by atoms with Crippen LogP contribution in [0.15, 0.2) is 80.9 Å². The molecule has 4 aromatic rings. The van der Waals surface area contributed by atoms with E-state index in [0.29, 0.717) is 24.2 Å². The number of rotatable bonds is 7. The number of hydrogen-bond acceptors (Lipinski definition) is 10. The molecule has 12 nitrogen and oxygen atoms in total. The third-order valence-electron chi connectivity index (χ3n) is 6.18. The molecule has 5 rings (SSSR count). The van der Waals surface area contributed by atoms with Crippen molar-refractivity contribution in [3.63, 3.8) is 0 Å². The number of aromatic nitrogens is 3. The number of pyridine rings is 1. The molecule has 0 aliphatic carbocycles. The molecule has 1 aliphatic rings. The number of nitrogens with one attached hydrogen (secondary N) is 1. The largest absolute Gasteiger partial charge is 0.504 e. The van der Waals surface area contributed by atoms with Gasteiger partial charge in [-0.1, -0.05) is 6.42 Å². The van der Waals surface area contributed by atoms with Gasteiger partial charge in [0.1, 0.15) is 11.2 Å². The first-order valence-corrected chi connectivity index (χ1v) is 15.0. The van der Waals surface area contributed by atoms with Crippen LogP contribution in [0.5, 0.6) is 5.75 Å². The number of phenols is 1. The van der Waals surface area contributed by atoms with Gasteiger partial charge in [-0.25, -0.2) is 31.5 Å². The highest BCUT2D eigenvalue weighted by Crippen LogP contribution is 2.39. The Kier molecular flexibility index (Phi) is 7.25. The van der Waals surface area contributed by atoms with Gasteiger partial charge in [-0.15, -0.1) is 5.11 Å². The predicted octanol–water partition coefficient (Wildman–Crippen LogP) is 4.43. The van der Waals surface area contributed by atoms with E-state index in [1.165, 1.54) is 47.0 Å². The van der Waals surface area contributed by atoms with Crippen molar-refractivity contribution in [1.82, 2.24) is 19.3 Å². The number of anilines is 1. The Morgan fingerprint density at radius 1 is 0.923 bits per heavy atom. The molecule has 0 atom stereocenters. The quantitative estimate of drug-likeness (QED) is 0.309. The summed E-state index contributed by atoms with van der Waals surface area (Å²) in [6.45, 7) is 2.55. The molecule has 2 N–H and O–H groups in total. The third kappa shape index (κ3) is 5.57. The van der Waals surface area contributed by atoms with Crippen LogP contribution in [-0.2, 0) is 20.0 Å². The highest BCUT2D eigenvalue weighted by Gasteiger charge is 2.29. The van der Waals surface area contributed by atoms with Gasteiger partial charge >= 0.3 is 0 Å². The maximum atomic E-state index is 13.5. The SMILES string of the molecule is Cc1ccnc(NS(=O)(=O)c2ccc(N=Nc3cc(S(=O)(=O)N4CCCCC4)c4cccnc4c3O)cc2)n1. The van der Waals surface area contributed by atoms with E-state index in [1.807, 2.05) is 0 Å². The number of aryl methyl sites for hydroxylation is 1. The zero-order valence-corrected chi connectivity index (χ0v) is 22.5. The minimum atomic E-state index is -3.94. The second-order valence-corrected chi connectivity index (χ2v) is 12.5. The van der Waals surface area contributed by atoms with Crippen LogP contribution in [0.4, 0.5) is 17.3 Å². The standard InChI is InChI=1S/C25H25N7O5S2/c1-17-11-13-27-25(28-17)31-38(34,35)19-9-7-18(8-10-19)29-30-21-16-22(20-6-5-12-26-23(20)24(21)33)39(36,37)32-14-3-2-4-15-32/h5-13,16,33H,2-4,14-15H2,1H3,(H,27,28,31). The fraction of sp³-hybridized carbons (Fsp3) is 0.240. The molecule has 2 aromatic heterocycles. The number of fused-ring (bicyclic) bond motifs is 1. The summed E-state index contributed by atoms with van der Waals surface area (Å²) in [5.74, 6) is -0.358. The molecule has 0 radical (unpaired) electrons. The topological polar surface area (TPSA) is 167 Å². The van der Waals surface area contributed by atoms with Crippen LogP contribution in [0, 0.1) is 6.92 Å². The van der Waals surface area contributed by atoms with Crippen molar-refractivity contribution < 1.29 is 21.9 Å². The second-order valence-electron chi connectivity index (χ2n) is 8.93. The van der Waals surface area contributed by atoms with Crippen molar-refractivity contribution in [3.05, 3.63) is 66.6 Å². The molecule has 2 aromatic carbocycles. The first-order valence-electron chi connectivity index (χ1n) is 12.1. The molecule has 0 saturated carbocycles. The van der Waals surface area contributed by atoms with Crippen LogP contribution < -0.4 is 4.72 Å². The summed E-state index contributed by atoms with van der Waals surface area (Å²) in [5, 5.41) is 19.3. The Hall–Kier alpha value is -4.01. The van der Waals surface area contributed by atoms with E-state index in [9.17, 15) is 21.9 Å². The molecule has 3 heterocycles. The van der Waals surface area contributed by atoms with E-state index in [4.69, 9.17) is 0 Å². The fourth-order valence-electron chi connectivity index (χ4n) is 4.20. The van der Waals surface area contributed by atoms with Gasteiger partial charge in [0.2, 0.25) is 16.0 Å². The van der Waals surface area contributed by atoms with E-state index in [-0.39, 0.29) is 38.4 Å². The molecule has 0 bridgehead atoms. The van der Waals surface area contributed by atoms with Crippen LogP contribution in [-0.4, -0.2) is 54.3 Å². The van der Waals surface area contributed by atoms with Crippen molar-refractivity contribution in [2.24, 2.45) is 10.2 Å². The number of sulfonamides is 2. The summed E-state index contributed by atoms with van der Waals surface area (Å²) >= 11 is 0. The molecule has 0 unspecified atom stereocenters. The first-order chi connectivity index (χ1) is 18.6. The van der Waals surface area contributed by atoms with Crippen LogP contribution >= 0.6 is 0 Å². The number of nitrogens with zero attached hydrogens (tertiary/aromatic N) is 6. The number of azo groups is 1. The number of hydrogen-bond donors (Lipinski definition) is 2. The average molecular weight is 568 g/mol. The van der Waals surface area contributed by atoms with Crippen molar-refractivity contribution in [2.75, 3.05) is 17.8 Å². The van der Waals surface area contributed by atoms with Crippen LogP contribution in [0.25, 0.3) is 10.9 Å². The van der Waals surface area contributed by atoms with Gasteiger partial charge in [-0.2, -0.15) is 9.42 Å². The zero-order valence-electron chi connectivity index (χ0n) is 20.9. The molecule has 1 saturated heterocycles. The fourth-order valence-corrected chi connectivity index (χ4v) is 6.87. The first kappa shape index (κ1) is 26.6. The van der Waals surface area contributed by atoms with E-state index in [2.05, 4.69) is 29.9 Å². The molecular weight excluding hydrogens is 542 g/mol. The van der Waals surface area contributed by atoms with E-state index in [1.54, 1.807) is 25.1 Å². The van der Waals surface area contributed by atoms with Gasteiger partial charge in [-0.3, -0.25) is 4.98 Å². The number of phenolic OH excluding ortho intramolecular Hbond substituents is 1. The molecule has 1 fully saturated rings. The molecule has 1 aliphatic heterocycles. The lowest BCUT2D eigenvalue weighted by Gasteiger charge is -2.26. The van der Waals surface area contributed by atoms with Gasteiger partial charge < -0.3 is 5.11 Å². The van der Waals surface area contributed by atoms with E-state index < -0.39 is 20.0 Å². The lowest BCUT2D eigenvalue weighted by molar-refractivity contribution is 0.347. The molecule has 202 valence electrons.